The van der Waals surface area contributed by atoms with Gasteiger partial charge in [0.1, 0.15) is 23.8 Å². The summed E-state index contributed by atoms with van der Waals surface area (Å²) >= 11 is 0. The highest BCUT2D eigenvalue weighted by atomic mass is 16.6. The van der Waals surface area contributed by atoms with Crippen molar-refractivity contribution in [2.24, 2.45) is 10.2 Å². The number of hydrogen-bond acceptors (Lipinski definition) is 7. The van der Waals surface area contributed by atoms with Gasteiger partial charge < -0.3 is 9.84 Å². The molecule has 0 saturated carbocycles. The highest BCUT2D eigenvalue weighted by Crippen LogP contribution is 2.38. The van der Waals surface area contributed by atoms with E-state index >= 15 is 0 Å². The number of hydrogen-bond donors (Lipinski definition) is 1. The zero-order chi connectivity index (χ0) is 23.9. The molecule has 0 aromatic heterocycles. The van der Waals surface area contributed by atoms with E-state index in [2.05, 4.69) is 10.2 Å². The average Bonchev–Trinajstić information content (AvgIpc) is 2.87. The summed E-state index contributed by atoms with van der Waals surface area (Å²) in [5.41, 5.74) is 0.983. The van der Waals surface area contributed by atoms with Gasteiger partial charge in [-0.25, -0.2) is 0 Å². The van der Waals surface area contributed by atoms with Crippen LogP contribution in [0.1, 0.15) is 21.5 Å². The first-order valence-electron chi connectivity index (χ1n) is 10.3. The lowest BCUT2D eigenvalue weighted by molar-refractivity contribution is -0.384. The minimum atomic E-state index is -0.579. The molecule has 0 atom stereocenters. The summed E-state index contributed by atoms with van der Waals surface area (Å²) in [5, 5.41) is 29.9. The number of ketones is 1. The third kappa shape index (κ3) is 5.13. The van der Waals surface area contributed by atoms with Crippen LogP contribution in [0.25, 0.3) is 0 Å². The fraction of sp³-hybridized carbons (Fsp3) is 0.0385. The Bertz CT molecular complexity index is 1360. The van der Waals surface area contributed by atoms with Crippen LogP contribution in [0.3, 0.4) is 0 Å². The Morgan fingerprint density at radius 1 is 0.882 bits per heavy atom. The quantitative estimate of drug-likeness (QED) is 0.141. The van der Waals surface area contributed by atoms with Gasteiger partial charge in [0.15, 0.2) is 11.5 Å². The van der Waals surface area contributed by atoms with E-state index in [0.29, 0.717) is 5.56 Å². The summed E-state index contributed by atoms with van der Waals surface area (Å²) in [6, 6.07) is 26.6. The summed E-state index contributed by atoms with van der Waals surface area (Å²) in [4.78, 5) is 24.0. The molecule has 8 nitrogen and oxygen atoms in total. The minimum absolute atomic E-state index is 0.00517. The monoisotopic (exact) mass is 453 g/mol. The molecule has 0 aliphatic rings. The van der Waals surface area contributed by atoms with Gasteiger partial charge in [0.25, 0.3) is 5.69 Å². The number of phenols is 1. The highest BCUT2D eigenvalue weighted by Gasteiger charge is 2.20. The predicted octanol–water partition coefficient (Wildman–Crippen LogP) is 6.53. The Hall–Kier alpha value is -4.85. The largest absolute Gasteiger partial charge is 0.505 e. The van der Waals surface area contributed by atoms with Gasteiger partial charge in [-0.05, 0) is 17.7 Å². The van der Waals surface area contributed by atoms with Crippen molar-refractivity contribution in [1.29, 1.82) is 0 Å². The van der Waals surface area contributed by atoms with E-state index in [1.165, 1.54) is 30.3 Å². The molecule has 0 spiro atoms. The molecular weight excluding hydrogens is 434 g/mol. The van der Waals surface area contributed by atoms with Crippen molar-refractivity contribution in [2.75, 3.05) is 0 Å². The zero-order valence-corrected chi connectivity index (χ0v) is 17.9. The van der Waals surface area contributed by atoms with Crippen LogP contribution in [-0.4, -0.2) is 15.8 Å². The summed E-state index contributed by atoms with van der Waals surface area (Å²) < 4.78 is 5.79. The van der Waals surface area contributed by atoms with Gasteiger partial charge in [-0.1, -0.05) is 72.8 Å². The van der Waals surface area contributed by atoms with Crippen LogP contribution in [0, 0.1) is 10.1 Å². The molecule has 0 heterocycles. The molecule has 0 bridgehead atoms. The van der Waals surface area contributed by atoms with Gasteiger partial charge in [0.2, 0.25) is 0 Å². The molecule has 0 aliphatic heterocycles. The number of carbonyl (C=O) groups is 1. The van der Waals surface area contributed by atoms with Crippen molar-refractivity contribution >= 4 is 22.8 Å². The van der Waals surface area contributed by atoms with Gasteiger partial charge in [-0.15, -0.1) is 10.2 Å². The first-order valence-corrected chi connectivity index (χ1v) is 10.3. The molecule has 34 heavy (non-hydrogen) atoms. The SMILES string of the molecule is O=C(c1ccccc1)c1cc(OCc2ccccc2)cc(O)c1/N=N\c1ccccc1[N+](=O)[O-]. The number of nitro benzene ring substituents is 1. The lowest BCUT2D eigenvalue weighted by Crippen LogP contribution is -2.03. The first-order chi connectivity index (χ1) is 16.5. The van der Waals surface area contributed by atoms with Crippen LogP contribution in [0.2, 0.25) is 0 Å². The number of rotatable bonds is 8. The Kier molecular flexibility index (Phi) is 6.69. The summed E-state index contributed by atoms with van der Waals surface area (Å²) in [7, 11) is 0. The second-order valence-corrected chi connectivity index (χ2v) is 7.25. The van der Waals surface area contributed by atoms with Crippen LogP contribution in [0.5, 0.6) is 11.5 Å². The second kappa shape index (κ2) is 10.2. The van der Waals surface area contributed by atoms with E-state index in [1.54, 1.807) is 36.4 Å². The number of nitro groups is 1. The predicted molar refractivity (Wildman–Crippen MR) is 126 cm³/mol. The van der Waals surface area contributed by atoms with E-state index in [9.17, 15) is 20.0 Å². The Morgan fingerprint density at radius 2 is 1.53 bits per heavy atom. The van der Waals surface area contributed by atoms with Crippen molar-refractivity contribution in [3.63, 3.8) is 0 Å². The lowest BCUT2D eigenvalue weighted by Gasteiger charge is -2.12. The third-order valence-corrected chi connectivity index (χ3v) is 4.93. The number of aromatic hydroxyl groups is 1. The van der Waals surface area contributed by atoms with Gasteiger partial charge in [-0.2, -0.15) is 0 Å². The van der Waals surface area contributed by atoms with E-state index < -0.39 is 10.7 Å². The molecular formula is C26H19N3O5. The molecule has 1 N–H and O–H groups in total. The number of carbonyl (C=O) groups excluding carboxylic acids is 1. The first kappa shape index (κ1) is 22.3. The molecule has 0 aliphatic carbocycles. The zero-order valence-electron chi connectivity index (χ0n) is 17.9. The van der Waals surface area contributed by atoms with Crippen molar-refractivity contribution in [2.45, 2.75) is 6.61 Å². The van der Waals surface area contributed by atoms with E-state index in [-0.39, 0.29) is 40.7 Å². The maximum Gasteiger partial charge on any atom is 0.296 e. The Labute approximate surface area is 195 Å². The van der Waals surface area contributed by atoms with Crippen LogP contribution in [-0.2, 0) is 6.61 Å². The second-order valence-electron chi connectivity index (χ2n) is 7.25. The van der Waals surface area contributed by atoms with Crippen molar-refractivity contribution in [1.82, 2.24) is 0 Å². The van der Waals surface area contributed by atoms with Crippen molar-refractivity contribution in [3.05, 3.63) is 124 Å². The number of benzene rings is 4. The molecule has 4 aromatic rings. The Morgan fingerprint density at radius 3 is 2.24 bits per heavy atom. The molecule has 4 aromatic carbocycles. The van der Waals surface area contributed by atoms with E-state index in [1.807, 2.05) is 30.3 Å². The number of ether oxygens (including phenoxy) is 1. The third-order valence-electron chi connectivity index (χ3n) is 4.93. The molecule has 8 heteroatoms. The van der Waals surface area contributed by atoms with Gasteiger partial charge in [0.05, 0.1) is 10.5 Å². The molecule has 0 radical (unpaired) electrons. The molecule has 0 amide bonds. The number of nitrogens with zero attached hydrogens (tertiary/aromatic N) is 3. The summed E-state index contributed by atoms with van der Waals surface area (Å²) in [6.07, 6.45) is 0. The number of phenolic OH excluding ortho intramolecular Hbond substituents is 1. The molecule has 4 rings (SSSR count). The van der Waals surface area contributed by atoms with Crippen LogP contribution < -0.4 is 4.74 Å². The summed E-state index contributed by atoms with van der Waals surface area (Å²) in [6.45, 7) is 0.232. The van der Waals surface area contributed by atoms with Gasteiger partial charge >= 0.3 is 0 Å². The Balaban J connectivity index is 1.74. The fourth-order valence-electron chi connectivity index (χ4n) is 3.25. The van der Waals surface area contributed by atoms with Crippen LogP contribution >= 0.6 is 0 Å². The average molecular weight is 453 g/mol. The molecule has 0 fully saturated rings. The highest BCUT2D eigenvalue weighted by molar-refractivity contribution is 6.12. The van der Waals surface area contributed by atoms with Gasteiger partial charge in [0, 0.05) is 17.7 Å². The van der Waals surface area contributed by atoms with Crippen molar-refractivity contribution in [3.8, 4) is 11.5 Å². The fourth-order valence-corrected chi connectivity index (χ4v) is 3.25. The van der Waals surface area contributed by atoms with Gasteiger partial charge in [-0.3, -0.25) is 14.9 Å². The number of azo groups is 1. The van der Waals surface area contributed by atoms with Crippen LogP contribution in [0.4, 0.5) is 17.1 Å². The molecule has 168 valence electrons. The molecule has 0 saturated heterocycles. The maximum atomic E-state index is 13.3. The van der Waals surface area contributed by atoms with E-state index in [0.717, 1.165) is 5.56 Å². The normalized spacial score (nSPS) is 10.8. The minimum Gasteiger partial charge on any atom is -0.505 e. The topological polar surface area (TPSA) is 114 Å². The number of para-hydroxylation sites is 1. The standard InChI is InChI=1S/C26H19N3O5/c30-24-16-20(34-17-18-9-3-1-4-10-18)15-21(26(31)19-11-5-2-6-12-19)25(24)28-27-22-13-7-8-14-23(22)29(32)33/h1-16,30H,17H2/b28-27-. The summed E-state index contributed by atoms with van der Waals surface area (Å²) in [5.74, 6) is -0.477. The van der Waals surface area contributed by atoms with Crippen molar-refractivity contribution < 1.29 is 19.6 Å². The smallest absolute Gasteiger partial charge is 0.296 e. The molecule has 0 unspecified atom stereocenters. The van der Waals surface area contributed by atoms with Crippen LogP contribution in [0.15, 0.2) is 107 Å². The van der Waals surface area contributed by atoms with E-state index in [4.69, 9.17) is 4.74 Å². The lowest BCUT2D eigenvalue weighted by atomic mass is 10.0. The maximum absolute atomic E-state index is 13.3.